The van der Waals surface area contributed by atoms with Gasteiger partial charge in [0.2, 0.25) is 5.91 Å². The Morgan fingerprint density at radius 2 is 2.07 bits per heavy atom. The molecule has 1 amide bonds. The number of rotatable bonds is 5. The highest BCUT2D eigenvalue weighted by atomic mass is 32.2. The van der Waals surface area contributed by atoms with Gasteiger partial charge in [-0.2, -0.15) is 5.10 Å². The van der Waals surface area contributed by atoms with Gasteiger partial charge in [-0.05, 0) is 50.1 Å². The number of aromatic nitrogens is 2. The highest BCUT2D eigenvalue weighted by molar-refractivity contribution is 8.01. The first-order valence-corrected chi connectivity index (χ1v) is 10.3. The van der Waals surface area contributed by atoms with E-state index in [1.54, 1.807) is 23.4 Å². The molecule has 0 saturated carbocycles. The van der Waals surface area contributed by atoms with Crippen LogP contribution in [0.2, 0.25) is 0 Å². The number of carbonyl (C=O) groups excluding carboxylic acids is 2. The molecule has 6 nitrogen and oxygen atoms in total. The van der Waals surface area contributed by atoms with Gasteiger partial charge in [0.15, 0.2) is 0 Å². The number of anilines is 1. The van der Waals surface area contributed by atoms with Crippen molar-refractivity contribution in [1.29, 1.82) is 0 Å². The van der Waals surface area contributed by atoms with E-state index in [2.05, 4.69) is 22.5 Å². The van der Waals surface area contributed by atoms with E-state index < -0.39 is 5.97 Å². The quantitative estimate of drug-likeness (QED) is 0.647. The first kappa shape index (κ1) is 19.3. The lowest BCUT2D eigenvalue weighted by Crippen LogP contribution is -2.24. The highest BCUT2D eigenvalue weighted by Gasteiger charge is 2.28. The first-order valence-electron chi connectivity index (χ1n) is 9.44. The van der Waals surface area contributed by atoms with Crippen LogP contribution in [0.25, 0.3) is 5.69 Å². The molecule has 148 valence electrons. The van der Waals surface area contributed by atoms with E-state index in [0.717, 1.165) is 12.1 Å². The average molecular weight is 407 g/mol. The number of thioether (sulfide) groups is 1. The van der Waals surface area contributed by atoms with Crippen molar-refractivity contribution in [3.8, 4) is 5.69 Å². The predicted molar refractivity (Wildman–Crippen MR) is 113 cm³/mol. The lowest BCUT2D eigenvalue weighted by molar-refractivity contribution is -0.115. The largest absolute Gasteiger partial charge is 0.462 e. The van der Waals surface area contributed by atoms with Crippen LogP contribution in [0, 0.1) is 6.92 Å². The molecule has 2 heterocycles. The summed E-state index contributed by atoms with van der Waals surface area (Å²) in [4.78, 5) is 25.9. The zero-order valence-electron chi connectivity index (χ0n) is 16.2. The maximum absolute atomic E-state index is 12.7. The summed E-state index contributed by atoms with van der Waals surface area (Å²) in [5.41, 5.74) is 3.79. The molecule has 1 N–H and O–H groups in total. The van der Waals surface area contributed by atoms with Gasteiger partial charge in [0.25, 0.3) is 0 Å². The molecular weight excluding hydrogens is 386 g/mol. The second-order valence-corrected chi connectivity index (χ2v) is 7.98. The predicted octanol–water partition coefficient (Wildman–Crippen LogP) is 4.01. The average Bonchev–Trinajstić information content (AvgIpc) is 3.32. The molecular formula is C22H21N3O3S. The van der Waals surface area contributed by atoms with Crippen molar-refractivity contribution in [3.63, 3.8) is 0 Å². The van der Waals surface area contributed by atoms with Crippen molar-refractivity contribution in [3.05, 3.63) is 71.5 Å². The number of nitrogens with one attached hydrogen (secondary N) is 1. The fourth-order valence-corrected chi connectivity index (χ4v) is 4.54. The molecule has 7 heteroatoms. The summed E-state index contributed by atoms with van der Waals surface area (Å²) in [6.45, 7) is 3.90. The molecule has 1 aromatic heterocycles. The van der Waals surface area contributed by atoms with Crippen LogP contribution < -0.4 is 5.32 Å². The van der Waals surface area contributed by atoms with Crippen LogP contribution in [0.5, 0.6) is 0 Å². The zero-order chi connectivity index (χ0) is 20.4. The number of ether oxygens (including phenoxy) is 1. The second kappa shape index (κ2) is 8.13. The van der Waals surface area contributed by atoms with Crippen LogP contribution in [-0.2, 0) is 16.0 Å². The van der Waals surface area contributed by atoms with Gasteiger partial charge in [-0.15, -0.1) is 11.8 Å². The Balaban J connectivity index is 1.50. The minimum atomic E-state index is -0.390. The maximum atomic E-state index is 12.7. The summed E-state index contributed by atoms with van der Waals surface area (Å²) in [5, 5.41) is 7.18. The van der Waals surface area contributed by atoms with Crippen LogP contribution in [0.3, 0.4) is 0 Å². The van der Waals surface area contributed by atoms with Gasteiger partial charge >= 0.3 is 5.97 Å². The highest BCUT2D eigenvalue weighted by Crippen LogP contribution is 2.37. The number of fused-ring (bicyclic) bond motifs is 1. The lowest BCUT2D eigenvalue weighted by atomic mass is 10.1. The van der Waals surface area contributed by atoms with Crippen molar-refractivity contribution < 1.29 is 14.3 Å². The Hall–Kier alpha value is -3.06. The summed E-state index contributed by atoms with van der Waals surface area (Å²) in [5.74, 6) is -0.411. The first-order chi connectivity index (χ1) is 14.1. The molecule has 0 saturated heterocycles. The van der Waals surface area contributed by atoms with Gasteiger partial charge in [0.05, 0.1) is 29.4 Å². The number of nitrogens with zero attached hydrogens (tertiary/aromatic N) is 2. The number of benzene rings is 2. The van der Waals surface area contributed by atoms with Crippen molar-refractivity contribution in [2.24, 2.45) is 0 Å². The van der Waals surface area contributed by atoms with Crippen molar-refractivity contribution in [1.82, 2.24) is 9.78 Å². The topological polar surface area (TPSA) is 73.2 Å². The minimum Gasteiger partial charge on any atom is -0.462 e. The molecule has 0 fully saturated rings. The normalized spacial score (nSPS) is 15.0. The van der Waals surface area contributed by atoms with E-state index in [-0.39, 0.29) is 11.2 Å². The molecule has 0 radical (unpaired) electrons. The zero-order valence-corrected chi connectivity index (χ0v) is 17.0. The molecule has 0 spiro atoms. The molecule has 1 aliphatic rings. The van der Waals surface area contributed by atoms with Crippen molar-refractivity contribution in [2.45, 2.75) is 30.4 Å². The van der Waals surface area contributed by atoms with Gasteiger partial charge in [-0.25, -0.2) is 9.48 Å². The third-order valence-electron chi connectivity index (χ3n) is 4.80. The molecule has 3 aromatic rings. The van der Waals surface area contributed by atoms with Crippen LogP contribution in [-0.4, -0.2) is 33.5 Å². The van der Waals surface area contributed by atoms with Gasteiger partial charge in [0.1, 0.15) is 5.56 Å². The van der Waals surface area contributed by atoms with Crippen molar-refractivity contribution in [2.75, 3.05) is 11.9 Å². The number of esters is 1. The molecule has 1 aliphatic heterocycles. The van der Waals surface area contributed by atoms with Crippen molar-refractivity contribution >= 4 is 29.3 Å². The third kappa shape index (κ3) is 3.91. The summed E-state index contributed by atoms with van der Waals surface area (Å²) in [7, 11) is 0. The van der Waals surface area contributed by atoms with E-state index in [0.29, 0.717) is 23.6 Å². The van der Waals surface area contributed by atoms with E-state index in [9.17, 15) is 9.59 Å². The second-order valence-electron chi connectivity index (χ2n) is 6.73. The lowest BCUT2D eigenvalue weighted by Gasteiger charge is -2.12. The fourth-order valence-electron chi connectivity index (χ4n) is 3.35. The monoisotopic (exact) mass is 407 g/mol. The number of hydrogen-bond donors (Lipinski definition) is 1. The third-order valence-corrected chi connectivity index (χ3v) is 6.12. The van der Waals surface area contributed by atoms with E-state index in [4.69, 9.17) is 4.74 Å². The van der Waals surface area contributed by atoms with Gasteiger partial charge < -0.3 is 10.1 Å². The fraction of sp³-hybridized carbons (Fsp3) is 0.227. The van der Waals surface area contributed by atoms with E-state index >= 15 is 0 Å². The number of carbonyl (C=O) groups is 2. The molecule has 4 rings (SSSR count). The Morgan fingerprint density at radius 3 is 2.86 bits per heavy atom. The standard InChI is InChI=1S/C22H21N3O3S/c1-3-28-22(27)18-13-23-25(14(18)2)17-9-6-8-16(12-17)24-21(26)20-11-15-7-4-5-10-19(15)29-20/h4-10,12-13,20H,3,11H2,1-2H3,(H,24,26)/t20-/m1/s1. The molecule has 0 bridgehead atoms. The van der Waals surface area contributed by atoms with Gasteiger partial charge in [-0.1, -0.05) is 24.3 Å². The summed E-state index contributed by atoms with van der Waals surface area (Å²) in [6, 6.07) is 15.5. The molecule has 1 atom stereocenters. The summed E-state index contributed by atoms with van der Waals surface area (Å²) >= 11 is 1.60. The van der Waals surface area contributed by atoms with E-state index in [1.165, 1.54) is 16.7 Å². The smallest absolute Gasteiger partial charge is 0.341 e. The van der Waals surface area contributed by atoms with Gasteiger partial charge in [0, 0.05) is 10.6 Å². The van der Waals surface area contributed by atoms with Crippen LogP contribution in [0.4, 0.5) is 5.69 Å². The van der Waals surface area contributed by atoms with Crippen LogP contribution in [0.1, 0.15) is 28.5 Å². The molecule has 0 aliphatic carbocycles. The Kier molecular flexibility index (Phi) is 5.40. The van der Waals surface area contributed by atoms with Crippen LogP contribution in [0.15, 0.2) is 59.6 Å². The molecule has 0 unspecified atom stereocenters. The Morgan fingerprint density at radius 1 is 1.24 bits per heavy atom. The Labute approximate surface area is 173 Å². The summed E-state index contributed by atoms with van der Waals surface area (Å²) < 4.78 is 6.74. The minimum absolute atomic E-state index is 0.0206. The number of hydrogen-bond acceptors (Lipinski definition) is 5. The molecule has 29 heavy (non-hydrogen) atoms. The number of amides is 1. The summed E-state index contributed by atoms with van der Waals surface area (Å²) in [6.07, 6.45) is 2.23. The van der Waals surface area contributed by atoms with Crippen LogP contribution >= 0.6 is 11.8 Å². The maximum Gasteiger partial charge on any atom is 0.341 e. The SMILES string of the molecule is CCOC(=O)c1cnn(-c2cccc(NC(=O)[C@H]3Cc4ccccc4S3)c2)c1C. The Bertz CT molecular complexity index is 1050. The van der Waals surface area contributed by atoms with E-state index in [1.807, 2.05) is 43.3 Å². The van der Waals surface area contributed by atoms with Gasteiger partial charge in [-0.3, -0.25) is 4.79 Å². The molecule has 2 aromatic carbocycles.